The van der Waals surface area contributed by atoms with E-state index in [0.717, 1.165) is 42.8 Å². The lowest BCUT2D eigenvalue weighted by Gasteiger charge is -2.32. The van der Waals surface area contributed by atoms with Gasteiger partial charge < -0.3 is 10.0 Å². The first-order chi connectivity index (χ1) is 11.7. The van der Waals surface area contributed by atoms with Gasteiger partial charge in [0.15, 0.2) is 0 Å². The zero-order valence-corrected chi connectivity index (χ0v) is 15.7. The van der Waals surface area contributed by atoms with Crippen LogP contribution in [0.25, 0.3) is 0 Å². The van der Waals surface area contributed by atoms with Crippen molar-refractivity contribution in [3.8, 4) is 0 Å². The van der Waals surface area contributed by atoms with E-state index in [2.05, 4.69) is 18.9 Å². The Morgan fingerprint density at radius 1 is 1.28 bits per heavy atom. The standard InChI is InChI=1S/C19H29N3O3/c1-12(2)11-22-14(4)15(13(3)20-22)9-17(23)21-7-5-19(6-8-21)10-16(19)18(24)25/h12,16H,5-11H2,1-4H3,(H,24,25). The number of aromatic nitrogens is 2. The lowest BCUT2D eigenvalue weighted by molar-refractivity contribution is -0.139. The fourth-order valence-corrected chi connectivity index (χ4v) is 4.23. The highest BCUT2D eigenvalue weighted by Crippen LogP contribution is 2.59. The summed E-state index contributed by atoms with van der Waals surface area (Å²) in [4.78, 5) is 25.8. The van der Waals surface area contributed by atoms with E-state index in [1.54, 1.807) is 0 Å². The number of aliphatic carboxylic acids is 1. The minimum atomic E-state index is -0.677. The van der Waals surface area contributed by atoms with Gasteiger partial charge in [-0.2, -0.15) is 5.10 Å². The van der Waals surface area contributed by atoms with Gasteiger partial charge in [0, 0.05) is 30.9 Å². The third kappa shape index (κ3) is 3.44. The van der Waals surface area contributed by atoms with Crippen molar-refractivity contribution in [2.45, 2.75) is 59.9 Å². The molecule has 1 N–H and O–H groups in total. The zero-order valence-electron chi connectivity index (χ0n) is 15.7. The molecule has 0 bridgehead atoms. The molecule has 1 aliphatic heterocycles. The molecule has 6 nitrogen and oxygen atoms in total. The van der Waals surface area contributed by atoms with Gasteiger partial charge in [0.2, 0.25) is 5.91 Å². The maximum Gasteiger partial charge on any atom is 0.307 e. The van der Waals surface area contributed by atoms with Gasteiger partial charge in [-0.25, -0.2) is 0 Å². The van der Waals surface area contributed by atoms with E-state index in [0.29, 0.717) is 25.4 Å². The van der Waals surface area contributed by atoms with Crippen LogP contribution < -0.4 is 0 Å². The molecule has 2 heterocycles. The fraction of sp³-hybridized carbons (Fsp3) is 0.737. The maximum atomic E-state index is 12.7. The second-order valence-electron chi connectivity index (χ2n) is 8.24. The molecule has 1 spiro atoms. The van der Waals surface area contributed by atoms with Gasteiger partial charge in [-0.15, -0.1) is 0 Å². The quantitative estimate of drug-likeness (QED) is 0.887. The van der Waals surface area contributed by atoms with Gasteiger partial charge in [0.25, 0.3) is 0 Å². The van der Waals surface area contributed by atoms with Gasteiger partial charge in [-0.3, -0.25) is 14.3 Å². The SMILES string of the molecule is Cc1nn(CC(C)C)c(C)c1CC(=O)N1CCC2(CC1)CC2C(=O)O. The smallest absolute Gasteiger partial charge is 0.307 e. The number of hydrogen-bond acceptors (Lipinski definition) is 3. The Kier molecular flexibility index (Phi) is 4.64. The van der Waals surface area contributed by atoms with E-state index in [4.69, 9.17) is 0 Å². The summed E-state index contributed by atoms with van der Waals surface area (Å²) in [5.41, 5.74) is 3.03. The average molecular weight is 347 g/mol. The topological polar surface area (TPSA) is 75.4 Å². The summed E-state index contributed by atoms with van der Waals surface area (Å²) in [6.07, 6.45) is 2.82. The number of nitrogens with zero attached hydrogens (tertiary/aromatic N) is 3. The number of carboxylic acid groups (broad SMARTS) is 1. The van der Waals surface area contributed by atoms with E-state index in [9.17, 15) is 14.7 Å². The van der Waals surface area contributed by atoms with Crippen LogP contribution in [-0.4, -0.2) is 44.8 Å². The van der Waals surface area contributed by atoms with E-state index < -0.39 is 5.97 Å². The predicted octanol–water partition coefficient (Wildman–Crippen LogP) is 2.41. The van der Waals surface area contributed by atoms with Crippen LogP contribution in [0.1, 0.15) is 50.1 Å². The third-order valence-electron chi connectivity index (χ3n) is 6.00. The Labute approximate surface area is 149 Å². The number of carbonyl (C=O) groups is 2. The molecule has 1 aromatic heterocycles. The van der Waals surface area contributed by atoms with Crippen LogP contribution in [0, 0.1) is 31.1 Å². The number of carboxylic acids is 1. The first-order valence-corrected chi connectivity index (χ1v) is 9.27. The normalized spacial score (nSPS) is 21.8. The Morgan fingerprint density at radius 3 is 2.44 bits per heavy atom. The van der Waals surface area contributed by atoms with Gasteiger partial charge >= 0.3 is 5.97 Å². The summed E-state index contributed by atoms with van der Waals surface area (Å²) >= 11 is 0. The van der Waals surface area contributed by atoms with Crippen molar-refractivity contribution < 1.29 is 14.7 Å². The maximum absolute atomic E-state index is 12.7. The molecule has 25 heavy (non-hydrogen) atoms. The Bertz CT molecular complexity index is 684. The molecule has 3 rings (SSSR count). The molecule has 2 fully saturated rings. The molecule has 1 aromatic rings. The highest BCUT2D eigenvalue weighted by atomic mass is 16.4. The minimum absolute atomic E-state index is 0.0312. The number of aryl methyl sites for hydroxylation is 1. The predicted molar refractivity (Wildman–Crippen MR) is 94.2 cm³/mol. The summed E-state index contributed by atoms with van der Waals surface area (Å²) in [5.74, 6) is -0.217. The lowest BCUT2D eigenvalue weighted by atomic mass is 9.90. The Morgan fingerprint density at radius 2 is 1.92 bits per heavy atom. The molecule has 6 heteroatoms. The van der Waals surface area contributed by atoms with Crippen LogP contribution in [-0.2, 0) is 22.6 Å². The van der Waals surface area contributed by atoms with Crippen LogP contribution in [0.15, 0.2) is 0 Å². The number of rotatable bonds is 5. The molecule has 1 unspecified atom stereocenters. The van der Waals surface area contributed by atoms with Gasteiger partial charge in [0.1, 0.15) is 0 Å². The van der Waals surface area contributed by atoms with Crippen LogP contribution in [0.3, 0.4) is 0 Å². The number of piperidine rings is 1. The lowest BCUT2D eigenvalue weighted by Crippen LogP contribution is -2.40. The van der Waals surface area contributed by atoms with E-state index >= 15 is 0 Å². The molecule has 1 amide bonds. The van der Waals surface area contributed by atoms with Crippen LogP contribution in [0.2, 0.25) is 0 Å². The molecular formula is C19H29N3O3. The van der Waals surface area contributed by atoms with Crippen molar-refractivity contribution in [2.24, 2.45) is 17.3 Å². The van der Waals surface area contributed by atoms with E-state index in [1.807, 2.05) is 23.4 Å². The molecular weight excluding hydrogens is 318 g/mol. The molecule has 0 radical (unpaired) electrons. The summed E-state index contributed by atoms with van der Waals surface area (Å²) in [5, 5.41) is 13.8. The summed E-state index contributed by atoms with van der Waals surface area (Å²) < 4.78 is 2.01. The minimum Gasteiger partial charge on any atom is -0.481 e. The average Bonchev–Trinajstić information content (AvgIpc) is 3.18. The summed E-state index contributed by atoms with van der Waals surface area (Å²) in [7, 11) is 0. The van der Waals surface area contributed by atoms with Gasteiger partial charge in [-0.1, -0.05) is 13.8 Å². The first-order valence-electron chi connectivity index (χ1n) is 9.27. The first kappa shape index (κ1) is 18.0. The second-order valence-corrected chi connectivity index (χ2v) is 8.24. The van der Waals surface area contributed by atoms with Crippen molar-refractivity contribution in [1.29, 1.82) is 0 Å². The number of hydrogen-bond donors (Lipinski definition) is 1. The monoisotopic (exact) mass is 347 g/mol. The molecule has 1 atom stereocenters. The number of carbonyl (C=O) groups excluding carboxylic acids is 1. The Hall–Kier alpha value is -1.85. The van der Waals surface area contributed by atoms with Crippen molar-refractivity contribution in [3.05, 3.63) is 17.0 Å². The largest absolute Gasteiger partial charge is 0.481 e. The third-order valence-corrected chi connectivity index (χ3v) is 6.00. The summed E-state index contributed by atoms with van der Waals surface area (Å²) in [6, 6.07) is 0. The summed E-state index contributed by atoms with van der Waals surface area (Å²) in [6.45, 7) is 10.6. The van der Waals surface area contributed by atoms with Crippen molar-refractivity contribution in [3.63, 3.8) is 0 Å². The van der Waals surface area contributed by atoms with E-state index in [-0.39, 0.29) is 17.2 Å². The van der Waals surface area contributed by atoms with Crippen LogP contribution in [0.4, 0.5) is 0 Å². The Balaban J connectivity index is 1.61. The number of likely N-dealkylation sites (tertiary alicyclic amines) is 1. The molecule has 0 aromatic carbocycles. The zero-order chi connectivity index (χ0) is 18.4. The van der Waals surface area contributed by atoms with Gasteiger partial charge in [0.05, 0.1) is 18.0 Å². The van der Waals surface area contributed by atoms with E-state index in [1.165, 1.54) is 0 Å². The fourth-order valence-electron chi connectivity index (χ4n) is 4.23. The molecule has 138 valence electrons. The van der Waals surface area contributed by atoms with Gasteiger partial charge in [-0.05, 0) is 44.4 Å². The highest BCUT2D eigenvalue weighted by molar-refractivity contribution is 5.80. The molecule has 1 aliphatic carbocycles. The van der Waals surface area contributed by atoms with Crippen molar-refractivity contribution >= 4 is 11.9 Å². The van der Waals surface area contributed by atoms with Crippen molar-refractivity contribution in [2.75, 3.05) is 13.1 Å². The van der Waals surface area contributed by atoms with Crippen LogP contribution in [0.5, 0.6) is 0 Å². The molecule has 1 saturated heterocycles. The second kappa shape index (κ2) is 6.46. The molecule has 2 aliphatic rings. The highest BCUT2D eigenvalue weighted by Gasteiger charge is 2.59. The van der Waals surface area contributed by atoms with Crippen molar-refractivity contribution in [1.82, 2.24) is 14.7 Å². The van der Waals surface area contributed by atoms with Crippen LogP contribution >= 0.6 is 0 Å². The number of amides is 1. The molecule has 1 saturated carbocycles.